The summed E-state index contributed by atoms with van der Waals surface area (Å²) in [5.74, 6) is -0.473. The Balaban J connectivity index is 1.75. The van der Waals surface area contributed by atoms with E-state index in [0.717, 1.165) is 16.7 Å². The third-order valence-electron chi connectivity index (χ3n) is 5.17. The van der Waals surface area contributed by atoms with Gasteiger partial charge < -0.3 is 10.2 Å². The third-order valence-corrected chi connectivity index (χ3v) is 6.26. The van der Waals surface area contributed by atoms with Crippen LogP contribution in [0.2, 0.25) is 20.1 Å². The van der Waals surface area contributed by atoms with Crippen LogP contribution < -0.4 is 5.32 Å². The fraction of sp³-hybridized carbons (Fsp3) is 0.200. The van der Waals surface area contributed by atoms with E-state index in [2.05, 4.69) is 5.32 Å². The lowest BCUT2D eigenvalue weighted by Crippen LogP contribution is -2.48. The molecule has 0 aliphatic heterocycles. The summed E-state index contributed by atoms with van der Waals surface area (Å²) in [7, 11) is 0. The molecule has 172 valence electrons. The summed E-state index contributed by atoms with van der Waals surface area (Å²) < 4.78 is 0. The van der Waals surface area contributed by atoms with E-state index in [9.17, 15) is 9.59 Å². The lowest BCUT2D eigenvalue weighted by Gasteiger charge is -2.29. The first kappa shape index (κ1) is 25.4. The molecule has 0 unspecified atom stereocenters. The highest BCUT2D eigenvalue weighted by Gasteiger charge is 2.26. The van der Waals surface area contributed by atoms with Crippen LogP contribution in [0.1, 0.15) is 23.6 Å². The first-order chi connectivity index (χ1) is 15.7. The van der Waals surface area contributed by atoms with Crippen LogP contribution in [-0.4, -0.2) is 22.8 Å². The van der Waals surface area contributed by atoms with Crippen LogP contribution in [0.3, 0.4) is 0 Å². The summed E-state index contributed by atoms with van der Waals surface area (Å²) in [6.45, 7) is 2.19. The molecule has 3 aromatic carbocycles. The molecule has 0 radical (unpaired) electrons. The van der Waals surface area contributed by atoms with Gasteiger partial charge in [-0.1, -0.05) is 76.7 Å². The molecule has 1 N–H and O–H groups in total. The largest absolute Gasteiger partial charge is 0.350 e. The average Bonchev–Trinajstić information content (AvgIpc) is 2.79. The second kappa shape index (κ2) is 11.8. The van der Waals surface area contributed by atoms with Crippen molar-refractivity contribution in [3.8, 4) is 0 Å². The van der Waals surface area contributed by atoms with Crippen molar-refractivity contribution in [2.75, 3.05) is 0 Å². The zero-order valence-electron chi connectivity index (χ0n) is 17.8. The number of nitrogens with zero attached hydrogens (tertiary/aromatic N) is 1. The normalized spacial score (nSPS) is 11.7. The van der Waals surface area contributed by atoms with Crippen molar-refractivity contribution in [1.82, 2.24) is 10.2 Å². The number of amides is 2. The molecule has 0 heterocycles. The molecule has 1 atom stereocenters. The topological polar surface area (TPSA) is 49.4 Å². The molecule has 3 aromatic rings. The maximum absolute atomic E-state index is 13.2. The molecule has 0 spiro atoms. The van der Waals surface area contributed by atoms with E-state index in [-0.39, 0.29) is 31.3 Å². The van der Waals surface area contributed by atoms with E-state index in [1.807, 2.05) is 12.1 Å². The maximum atomic E-state index is 13.2. The Bertz CT molecular complexity index is 1120. The molecule has 0 bridgehead atoms. The van der Waals surface area contributed by atoms with Crippen LogP contribution in [0.4, 0.5) is 0 Å². The molecule has 0 saturated carbocycles. The van der Waals surface area contributed by atoms with Crippen molar-refractivity contribution in [3.05, 3.63) is 104 Å². The summed E-state index contributed by atoms with van der Waals surface area (Å²) >= 11 is 24.1. The van der Waals surface area contributed by atoms with E-state index in [1.165, 1.54) is 0 Å². The van der Waals surface area contributed by atoms with Gasteiger partial charge >= 0.3 is 0 Å². The summed E-state index contributed by atoms with van der Waals surface area (Å²) in [5.41, 5.74) is 2.41. The van der Waals surface area contributed by atoms with Gasteiger partial charge in [0.05, 0.1) is 6.42 Å². The molecule has 0 saturated heterocycles. The Hall–Kier alpha value is -2.24. The Morgan fingerprint density at radius 3 is 1.94 bits per heavy atom. The van der Waals surface area contributed by atoms with Crippen molar-refractivity contribution < 1.29 is 9.59 Å². The van der Waals surface area contributed by atoms with Gasteiger partial charge in [0.2, 0.25) is 11.8 Å². The minimum Gasteiger partial charge on any atom is -0.350 e. The number of rotatable bonds is 8. The monoisotopic (exact) mass is 522 g/mol. The lowest BCUT2D eigenvalue weighted by atomic mass is 10.1. The highest BCUT2D eigenvalue weighted by Crippen LogP contribution is 2.21. The molecule has 3 rings (SSSR count). The van der Waals surface area contributed by atoms with Gasteiger partial charge in [-0.3, -0.25) is 9.59 Å². The van der Waals surface area contributed by atoms with E-state index in [4.69, 9.17) is 46.4 Å². The fourth-order valence-corrected chi connectivity index (χ4v) is 3.97. The predicted octanol–water partition coefficient (Wildman–Crippen LogP) is 6.58. The van der Waals surface area contributed by atoms with Crippen LogP contribution in [-0.2, 0) is 29.1 Å². The minimum atomic E-state index is -0.716. The smallest absolute Gasteiger partial charge is 0.242 e. The molecule has 0 aliphatic rings. The molecule has 2 amide bonds. The highest BCUT2D eigenvalue weighted by molar-refractivity contribution is 6.35. The van der Waals surface area contributed by atoms with Crippen molar-refractivity contribution in [2.24, 2.45) is 0 Å². The zero-order chi connectivity index (χ0) is 24.0. The van der Waals surface area contributed by atoms with Gasteiger partial charge in [0, 0.05) is 33.2 Å². The van der Waals surface area contributed by atoms with Crippen molar-refractivity contribution in [3.63, 3.8) is 0 Å². The van der Waals surface area contributed by atoms with E-state index >= 15 is 0 Å². The van der Waals surface area contributed by atoms with E-state index in [1.54, 1.807) is 66.4 Å². The van der Waals surface area contributed by atoms with Crippen LogP contribution in [0, 0.1) is 0 Å². The third kappa shape index (κ3) is 7.38. The number of halogens is 4. The molecule has 0 aromatic heterocycles. The average molecular weight is 524 g/mol. The Morgan fingerprint density at radius 1 is 0.818 bits per heavy atom. The number of nitrogens with one attached hydrogen (secondary N) is 1. The van der Waals surface area contributed by atoms with Crippen molar-refractivity contribution in [2.45, 2.75) is 32.5 Å². The van der Waals surface area contributed by atoms with Gasteiger partial charge in [0.15, 0.2) is 0 Å². The van der Waals surface area contributed by atoms with Crippen LogP contribution in [0.15, 0.2) is 66.7 Å². The number of hydrogen-bond acceptors (Lipinski definition) is 2. The van der Waals surface area contributed by atoms with Crippen molar-refractivity contribution in [1.29, 1.82) is 0 Å². The van der Waals surface area contributed by atoms with Gasteiger partial charge in [-0.15, -0.1) is 0 Å². The number of hydrogen-bond donors (Lipinski definition) is 1. The van der Waals surface area contributed by atoms with Gasteiger partial charge in [-0.25, -0.2) is 0 Å². The molecule has 8 heteroatoms. The van der Waals surface area contributed by atoms with Gasteiger partial charge in [0.25, 0.3) is 0 Å². The quantitative estimate of drug-likeness (QED) is 0.362. The summed E-state index contributed by atoms with van der Waals surface area (Å²) in [5, 5.41) is 5.04. The second-order valence-corrected chi connectivity index (χ2v) is 9.30. The molecule has 4 nitrogen and oxygen atoms in total. The Labute approximate surface area is 213 Å². The zero-order valence-corrected chi connectivity index (χ0v) is 20.8. The summed E-state index contributed by atoms with van der Waals surface area (Å²) in [6, 6.07) is 18.6. The number of carbonyl (C=O) groups excluding carboxylic acids is 2. The predicted molar refractivity (Wildman–Crippen MR) is 135 cm³/mol. The lowest BCUT2D eigenvalue weighted by molar-refractivity contribution is -0.140. The maximum Gasteiger partial charge on any atom is 0.242 e. The molecular formula is C25H22Cl4N2O2. The van der Waals surface area contributed by atoms with Crippen LogP contribution in [0.5, 0.6) is 0 Å². The standard InChI is InChI=1S/C25H22Cl4N2O2/c1-16(25(33)30-14-19-6-11-22(28)13-23(19)29)31(15-18-4-9-21(27)10-5-18)24(32)12-17-2-7-20(26)8-3-17/h2-11,13,16H,12,14-15H2,1H3,(H,30,33)/t16-/m1/s1. The van der Waals surface area contributed by atoms with Crippen molar-refractivity contribution >= 4 is 58.2 Å². The SMILES string of the molecule is C[C@H](C(=O)NCc1ccc(Cl)cc1Cl)N(Cc1ccc(Cl)cc1)C(=O)Cc1ccc(Cl)cc1. The Morgan fingerprint density at radius 2 is 1.36 bits per heavy atom. The molecular weight excluding hydrogens is 502 g/mol. The summed E-state index contributed by atoms with van der Waals surface area (Å²) in [6.07, 6.45) is 0.144. The highest BCUT2D eigenvalue weighted by atomic mass is 35.5. The van der Waals surface area contributed by atoms with Gasteiger partial charge in [-0.2, -0.15) is 0 Å². The number of benzene rings is 3. The number of carbonyl (C=O) groups is 2. The summed E-state index contributed by atoms with van der Waals surface area (Å²) in [4.78, 5) is 27.8. The van der Waals surface area contributed by atoms with Crippen LogP contribution in [0.25, 0.3) is 0 Å². The molecule has 0 fully saturated rings. The van der Waals surface area contributed by atoms with E-state index in [0.29, 0.717) is 20.1 Å². The first-order valence-electron chi connectivity index (χ1n) is 10.2. The van der Waals surface area contributed by atoms with Gasteiger partial charge in [-0.05, 0) is 60.0 Å². The van der Waals surface area contributed by atoms with Gasteiger partial charge in [0.1, 0.15) is 6.04 Å². The molecule has 0 aliphatic carbocycles. The minimum absolute atomic E-state index is 0.144. The first-order valence-corrected chi connectivity index (χ1v) is 11.7. The van der Waals surface area contributed by atoms with Crippen LogP contribution >= 0.6 is 46.4 Å². The Kier molecular flexibility index (Phi) is 9.04. The fourth-order valence-electron chi connectivity index (χ4n) is 3.24. The van der Waals surface area contributed by atoms with E-state index < -0.39 is 6.04 Å². The molecule has 33 heavy (non-hydrogen) atoms. The second-order valence-electron chi connectivity index (χ2n) is 7.58.